The van der Waals surface area contributed by atoms with Crippen LogP contribution in [0.2, 0.25) is 115 Å². The van der Waals surface area contributed by atoms with Crippen LogP contribution in [0, 0.1) is 0 Å². The molecule has 0 aliphatic heterocycles. The largest absolute Gasteiger partial charge is 0.505 e. The molecule has 0 aromatic heterocycles. The molecule has 0 fully saturated rings. The minimum absolute atomic E-state index is 0.505. The molecule has 0 radical (unpaired) electrons. The van der Waals surface area contributed by atoms with Crippen LogP contribution in [-0.4, -0.2) is 90.2 Å². The smallest absolute Gasteiger partial charge is 0.463 e. The third kappa shape index (κ3) is 17.5. The third-order valence-electron chi connectivity index (χ3n) is 6.85. The molecule has 0 spiro atoms. The highest BCUT2D eigenvalue weighted by Gasteiger charge is 2.54. The fourth-order valence-corrected chi connectivity index (χ4v) is 37.9. The molecule has 0 amide bonds. The molecule has 244 valence electrons. The SMILES string of the molecule is C=Cc1ccc([Si](O[Si](C)(C)CC[SiH2]O[SiH](C)C)(O[Si](C)(C)CC[SiH2]O[SiH](C)C)O[Si](C)(C)CC[SiH2]O[SiH](C)C)cc1. The first kappa shape index (κ1) is 40.9. The highest BCUT2D eigenvalue weighted by Crippen LogP contribution is 2.31. The fourth-order valence-electron chi connectivity index (χ4n) is 4.76. The van der Waals surface area contributed by atoms with Gasteiger partial charge in [0.05, 0.1) is 0 Å². The van der Waals surface area contributed by atoms with Crippen LogP contribution in [0.5, 0.6) is 0 Å². The minimum atomic E-state index is -3.26. The third-order valence-corrected chi connectivity index (χ3v) is 37.3. The second-order valence-electron chi connectivity index (χ2n) is 14.0. The van der Waals surface area contributed by atoms with Gasteiger partial charge in [0.15, 0.2) is 52.1 Å². The molecule has 0 atom stereocenters. The summed E-state index contributed by atoms with van der Waals surface area (Å²) in [4.78, 5) is 0. The van der Waals surface area contributed by atoms with Gasteiger partial charge in [0.1, 0.15) is 29.3 Å². The number of rotatable bonds is 23. The first-order valence-corrected chi connectivity index (χ1v) is 40.2. The van der Waals surface area contributed by atoms with Crippen LogP contribution in [0.4, 0.5) is 0 Å². The maximum absolute atomic E-state index is 7.48. The normalized spacial score (nSPS) is 15.5. The lowest BCUT2D eigenvalue weighted by atomic mass is 10.2. The molecule has 1 rings (SSSR count). The van der Waals surface area contributed by atoms with Crippen molar-refractivity contribution in [2.75, 3.05) is 0 Å². The van der Waals surface area contributed by atoms with E-state index in [1.165, 1.54) is 0 Å². The van der Waals surface area contributed by atoms with E-state index < -0.39 is 90.2 Å². The summed E-state index contributed by atoms with van der Waals surface area (Å²) < 4.78 is 41.0. The molecule has 0 heterocycles. The van der Waals surface area contributed by atoms with Crippen molar-refractivity contribution in [2.24, 2.45) is 0 Å². The maximum atomic E-state index is 7.48. The predicted molar refractivity (Wildman–Crippen MR) is 212 cm³/mol. The molecule has 0 aliphatic carbocycles. The van der Waals surface area contributed by atoms with Crippen LogP contribution in [-0.2, 0) is 24.7 Å². The summed E-state index contributed by atoms with van der Waals surface area (Å²) >= 11 is 0. The van der Waals surface area contributed by atoms with Crippen molar-refractivity contribution in [3.8, 4) is 0 Å². The van der Waals surface area contributed by atoms with Crippen LogP contribution < -0.4 is 5.19 Å². The zero-order valence-corrected chi connectivity index (χ0v) is 40.8. The highest BCUT2D eigenvalue weighted by atomic mass is 28.5. The van der Waals surface area contributed by atoms with Crippen LogP contribution in [0.15, 0.2) is 30.8 Å². The Kier molecular flexibility index (Phi) is 19.0. The van der Waals surface area contributed by atoms with Gasteiger partial charge in [0, 0.05) is 5.19 Å². The number of benzene rings is 1. The molecule has 1 aromatic rings. The summed E-state index contributed by atoms with van der Waals surface area (Å²) in [7, 11) is -14.1. The average molecular weight is 754 g/mol. The Bertz CT molecular complexity index is 826. The summed E-state index contributed by atoms with van der Waals surface area (Å²) in [5.41, 5.74) is 1.11. The van der Waals surface area contributed by atoms with Crippen LogP contribution in [0.1, 0.15) is 5.56 Å². The van der Waals surface area contributed by atoms with Crippen molar-refractivity contribution in [3.05, 3.63) is 36.4 Å². The van der Waals surface area contributed by atoms with Gasteiger partial charge in [-0.3, -0.25) is 0 Å². The second-order valence-corrected chi connectivity index (χ2v) is 43.9. The van der Waals surface area contributed by atoms with Gasteiger partial charge in [0.25, 0.3) is 0 Å². The van der Waals surface area contributed by atoms with E-state index in [1.807, 2.05) is 6.08 Å². The van der Waals surface area contributed by atoms with Crippen molar-refractivity contribution in [1.29, 1.82) is 0 Å². The topological polar surface area (TPSA) is 55.4 Å². The molecule has 0 unspecified atom stereocenters. The second kappa shape index (κ2) is 19.5. The van der Waals surface area contributed by atoms with E-state index in [0.29, 0.717) is 0 Å². The molecule has 0 bridgehead atoms. The first-order valence-electron chi connectivity index (χ1n) is 16.1. The van der Waals surface area contributed by atoms with Crippen LogP contribution in [0.25, 0.3) is 6.08 Å². The lowest BCUT2D eigenvalue weighted by molar-refractivity contribution is 0.268. The summed E-state index contributed by atoms with van der Waals surface area (Å²) in [6.45, 7) is 31.8. The molecule has 42 heavy (non-hydrogen) atoms. The molecule has 0 N–H and O–H groups in total. The summed E-state index contributed by atoms with van der Waals surface area (Å²) in [5, 5.41) is 1.11. The molecule has 16 heteroatoms. The van der Waals surface area contributed by atoms with E-state index in [9.17, 15) is 0 Å². The number of hydrogen-bond acceptors (Lipinski definition) is 6. The highest BCUT2D eigenvalue weighted by molar-refractivity contribution is 6.96. The predicted octanol–water partition coefficient (Wildman–Crippen LogP) is 4.65. The van der Waals surface area contributed by atoms with Crippen molar-refractivity contribution >= 4 is 101 Å². The van der Waals surface area contributed by atoms with E-state index >= 15 is 0 Å². The van der Waals surface area contributed by atoms with E-state index in [1.54, 1.807) is 0 Å². The Hall–Kier alpha value is 0.889. The van der Waals surface area contributed by atoms with E-state index in [2.05, 4.69) is 109 Å². The summed E-state index contributed by atoms with van der Waals surface area (Å²) in [5.74, 6) is 0. The van der Waals surface area contributed by atoms with Crippen LogP contribution >= 0.6 is 0 Å². The van der Waals surface area contributed by atoms with Gasteiger partial charge in [-0.15, -0.1) is 0 Å². The van der Waals surface area contributed by atoms with Gasteiger partial charge in [-0.1, -0.05) is 36.9 Å². The average Bonchev–Trinajstić information content (AvgIpc) is 2.86. The van der Waals surface area contributed by atoms with Gasteiger partial charge in [-0.2, -0.15) is 0 Å². The zero-order chi connectivity index (χ0) is 32.0. The van der Waals surface area contributed by atoms with Gasteiger partial charge in [-0.05, 0) is 120 Å². The quantitative estimate of drug-likeness (QED) is 0.120. The molecular formula is C26H64O6Si10. The first-order chi connectivity index (χ1) is 19.4. The van der Waals surface area contributed by atoms with E-state index in [0.717, 1.165) is 47.0 Å². The Labute approximate surface area is 275 Å². The molecule has 0 saturated carbocycles. The van der Waals surface area contributed by atoms with Crippen molar-refractivity contribution in [1.82, 2.24) is 0 Å². The fraction of sp³-hybridized carbons (Fsp3) is 0.692. The summed E-state index contributed by atoms with van der Waals surface area (Å²) in [6.07, 6.45) is 1.90. The molecule has 0 aliphatic rings. The molecule has 0 saturated heterocycles. The van der Waals surface area contributed by atoms with Crippen molar-refractivity contribution < 1.29 is 24.7 Å². The molecule has 1 aromatic carbocycles. The standard InChI is InChI=1S/C26H64O6Si10/c1-14-25-15-17-26(18-16-25)42(30-39(8,9)22-19-33-27-36(2)3,31-40(10,11)23-20-34-28-37(4)5)32-41(12,13)24-21-35-29-38(6)7/h14-18,36-38H,1,19-24,33-35H2,2-13H3. The Morgan fingerprint density at radius 1 is 0.595 bits per heavy atom. The molecule has 6 nitrogen and oxygen atoms in total. The Balaban J connectivity index is 3.46. The summed E-state index contributed by atoms with van der Waals surface area (Å²) in [6, 6.07) is 15.5. The van der Waals surface area contributed by atoms with E-state index in [-0.39, 0.29) is 0 Å². The van der Waals surface area contributed by atoms with Gasteiger partial charge < -0.3 is 24.7 Å². The Morgan fingerprint density at radius 3 is 1.17 bits per heavy atom. The monoisotopic (exact) mass is 752 g/mol. The van der Waals surface area contributed by atoms with Crippen LogP contribution in [0.3, 0.4) is 0 Å². The lowest BCUT2D eigenvalue weighted by Gasteiger charge is -2.45. The molecular weight excluding hydrogens is 689 g/mol. The zero-order valence-electron chi connectivity index (χ0n) is 29.1. The van der Waals surface area contributed by atoms with Crippen molar-refractivity contribution in [2.45, 2.75) is 115 Å². The van der Waals surface area contributed by atoms with Crippen molar-refractivity contribution in [3.63, 3.8) is 0 Å². The van der Waals surface area contributed by atoms with Gasteiger partial charge in [0.2, 0.25) is 0 Å². The lowest BCUT2D eigenvalue weighted by Crippen LogP contribution is -2.68. The minimum Gasteiger partial charge on any atom is -0.463 e. The number of hydrogen-bond donors (Lipinski definition) is 0. The van der Waals surface area contributed by atoms with E-state index in [4.69, 9.17) is 24.7 Å². The van der Waals surface area contributed by atoms with Gasteiger partial charge >= 0.3 is 8.80 Å². The van der Waals surface area contributed by atoms with Gasteiger partial charge in [-0.25, -0.2) is 0 Å². The Morgan fingerprint density at radius 2 is 0.905 bits per heavy atom. The maximum Gasteiger partial charge on any atom is 0.505 e.